The number of fused-ring (bicyclic) bond motifs is 10. The topological polar surface area (TPSA) is 43.6 Å². The summed E-state index contributed by atoms with van der Waals surface area (Å²) >= 11 is 3.62. The molecule has 0 unspecified atom stereocenters. The van der Waals surface area contributed by atoms with E-state index in [2.05, 4.69) is 156 Å². The molecule has 0 amide bonds. The SMILES string of the molecule is c1ccc(-c2nc(-c3cc4sc5ccccc5c4cc3-n3c4ccccc4c4cc5ccccc5cc43)nc(-c3cccc4sc5ccccc5c34)n2)cc1. The summed E-state index contributed by atoms with van der Waals surface area (Å²) in [5.74, 6) is 1.95. The van der Waals surface area contributed by atoms with Crippen LogP contribution < -0.4 is 0 Å². The van der Waals surface area contributed by atoms with Crippen LogP contribution in [0.2, 0.25) is 0 Å². The van der Waals surface area contributed by atoms with Crippen LogP contribution in [-0.2, 0) is 0 Å². The Labute approximate surface area is 323 Å². The second-order valence-corrected chi connectivity index (χ2v) is 16.1. The van der Waals surface area contributed by atoms with Crippen molar-refractivity contribution in [3.63, 3.8) is 0 Å². The Morgan fingerprint density at radius 2 is 0.982 bits per heavy atom. The van der Waals surface area contributed by atoms with Crippen LogP contribution in [0.25, 0.3) is 113 Å². The first-order valence-corrected chi connectivity index (χ1v) is 20.0. The fraction of sp³-hybridized carbons (Fsp3) is 0. The lowest BCUT2D eigenvalue weighted by Gasteiger charge is -2.16. The first kappa shape index (κ1) is 30.7. The van der Waals surface area contributed by atoms with Gasteiger partial charge in [0.25, 0.3) is 0 Å². The summed E-state index contributed by atoms with van der Waals surface area (Å²) in [7, 11) is 0. The maximum absolute atomic E-state index is 5.45. The van der Waals surface area contributed by atoms with E-state index in [0.29, 0.717) is 17.5 Å². The zero-order valence-corrected chi connectivity index (χ0v) is 30.9. The van der Waals surface area contributed by atoms with E-state index < -0.39 is 0 Å². The normalized spacial score (nSPS) is 12.0. The second-order valence-electron chi connectivity index (χ2n) is 14.0. The number of benzene rings is 8. The van der Waals surface area contributed by atoms with Gasteiger partial charge in [0.05, 0.1) is 16.7 Å². The third-order valence-electron chi connectivity index (χ3n) is 10.8. The molecule has 4 heterocycles. The number of thiophene rings is 2. The molecule has 0 saturated heterocycles. The quantitative estimate of drug-likeness (QED) is 0.181. The van der Waals surface area contributed by atoms with Crippen molar-refractivity contribution in [1.29, 1.82) is 0 Å². The molecule has 12 rings (SSSR count). The monoisotopic (exact) mass is 736 g/mol. The Hall–Kier alpha value is -6.73. The van der Waals surface area contributed by atoms with E-state index >= 15 is 0 Å². The first-order chi connectivity index (χ1) is 27.2. The molecule has 0 saturated carbocycles. The van der Waals surface area contributed by atoms with E-state index in [1.165, 1.54) is 61.9 Å². The van der Waals surface area contributed by atoms with Crippen LogP contribution in [0, 0.1) is 0 Å². The maximum atomic E-state index is 5.45. The number of rotatable bonds is 4. The van der Waals surface area contributed by atoms with E-state index in [0.717, 1.165) is 33.4 Å². The van der Waals surface area contributed by atoms with Crippen molar-refractivity contribution in [1.82, 2.24) is 19.5 Å². The van der Waals surface area contributed by atoms with Crippen LogP contribution in [0.5, 0.6) is 0 Å². The number of nitrogens with zero attached hydrogens (tertiary/aromatic N) is 4. The Morgan fingerprint density at radius 1 is 0.364 bits per heavy atom. The summed E-state index contributed by atoms with van der Waals surface area (Å²) in [6.45, 7) is 0. The zero-order valence-electron chi connectivity index (χ0n) is 29.3. The molecule has 6 heteroatoms. The van der Waals surface area contributed by atoms with Gasteiger partial charge in [-0.05, 0) is 59.3 Å². The van der Waals surface area contributed by atoms with Crippen molar-refractivity contribution in [3.8, 4) is 39.9 Å². The van der Waals surface area contributed by atoms with Crippen molar-refractivity contribution >= 4 is 95.6 Å². The van der Waals surface area contributed by atoms with Crippen molar-refractivity contribution in [2.45, 2.75) is 0 Å². The smallest absolute Gasteiger partial charge is 0.166 e. The van der Waals surface area contributed by atoms with Crippen LogP contribution in [0.3, 0.4) is 0 Å². The van der Waals surface area contributed by atoms with Gasteiger partial charge in [-0.25, -0.2) is 15.0 Å². The molecule has 0 bridgehead atoms. The summed E-state index contributed by atoms with van der Waals surface area (Å²) in [5, 5.41) is 9.71. The van der Waals surface area contributed by atoms with Crippen molar-refractivity contribution in [2.75, 3.05) is 0 Å². The van der Waals surface area contributed by atoms with Crippen LogP contribution in [0.1, 0.15) is 0 Å². The lowest BCUT2D eigenvalue weighted by molar-refractivity contribution is 1.07. The highest BCUT2D eigenvalue weighted by Gasteiger charge is 2.23. The van der Waals surface area contributed by atoms with E-state index in [-0.39, 0.29) is 0 Å². The fourth-order valence-electron chi connectivity index (χ4n) is 8.33. The first-order valence-electron chi connectivity index (χ1n) is 18.4. The molecule has 4 aromatic heterocycles. The van der Waals surface area contributed by atoms with Gasteiger partial charge in [0, 0.05) is 67.8 Å². The summed E-state index contributed by atoms with van der Waals surface area (Å²) in [6, 6.07) is 60.8. The van der Waals surface area contributed by atoms with Gasteiger partial charge in [-0.3, -0.25) is 0 Å². The molecule has 0 N–H and O–H groups in total. The number of para-hydroxylation sites is 1. The van der Waals surface area contributed by atoms with Crippen LogP contribution >= 0.6 is 22.7 Å². The lowest BCUT2D eigenvalue weighted by atomic mass is 10.0. The van der Waals surface area contributed by atoms with E-state index in [1.54, 1.807) is 11.3 Å². The minimum Gasteiger partial charge on any atom is -0.308 e. The number of hydrogen-bond donors (Lipinski definition) is 0. The zero-order chi connectivity index (χ0) is 36.0. The Bertz CT molecular complexity index is 3500. The van der Waals surface area contributed by atoms with Crippen LogP contribution in [-0.4, -0.2) is 19.5 Å². The molecule has 0 spiro atoms. The number of aromatic nitrogens is 4. The van der Waals surface area contributed by atoms with E-state index in [9.17, 15) is 0 Å². The van der Waals surface area contributed by atoms with E-state index in [4.69, 9.17) is 15.0 Å². The van der Waals surface area contributed by atoms with Gasteiger partial charge in [0.1, 0.15) is 0 Å². The fourth-order valence-corrected chi connectivity index (χ4v) is 10.6. The minimum atomic E-state index is 0.640. The van der Waals surface area contributed by atoms with Gasteiger partial charge in [0.15, 0.2) is 17.5 Å². The minimum absolute atomic E-state index is 0.640. The highest BCUT2D eigenvalue weighted by Crippen LogP contribution is 2.44. The van der Waals surface area contributed by atoms with Gasteiger partial charge >= 0.3 is 0 Å². The number of hydrogen-bond acceptors (Lipinski definition) is 5. The average Bonchev–Trinajstić information content (AvgIpc) is 3.91. The molecule has 0 aliphatic rings. The Kier molecular flexibility index (Phi) is 6.64. The molecule has 0 aliphatic carbocycles. The molecule has 256 valence electrons. The molecule has 0 fully saturated rings. The standard InChI is InChI=1S/C49H28N4S2/c1-2-13-29(14-3-1)47-50-48(35-20-12-24-44-46(35)34-19-8-11-23-43(34)54-44)52-49(51-47)38-28-45-37(33-18-7-10-22-42(33)55-45)27-41(38)53-39-21-9-6-17-32(39)36-25-30-15-4-5-16-31(30)26-40(36)53/h1-28H. The van der Waals surface area contributed by atoms with Gasteiger partial charge in [-0.2, -0.15) is 0 Å². The predicted molar refractivity (Wildman–Crippen MR) is 234 cm³/mol. The highest BCUT2D eigenvalue weighted by molar-refractivity contribution is 7.26. The van der Waals surface area contributed by atoms with Gasteiger partial charge in [-0.15, -0.1) is 22.7 Å². The lowest BCUT2D eigenvalue weighted by Crippen LogP contribution is -2.04. The van der Waals surface area contributed by atoms with Gasteiger partial charge in [-0.1, -0.05) is 121 Å². The molecule has 0 atom stereocenters. The third-order valence-corrected chi connectivity index (χ3v) is 13.1. The molecule has 12 aromatic rings. The summed E-state index contributed by atoms with van der Waals surface area (Å²) in [6.07, 6.45) is 0. The molecule has 4 nitrogen and oxygen atoms in total. The summed E-state index contributed by atoms with van der Waals surface area (Å²) in [5.41, 5.74) is 6.23. The van der Waals surface area contributed by atoms with Gasteiger partial charge < -0.3 is 4.57 Å². The molecule has 8 aromatic carbocycles. The summed E-state index contributed by atoms with van der Waals surface area (Å²) < 4.78 is 7.34. The molecule has 0 radical (unpaired) electrons. The molecule has 0 aliphatic heterocycles. The molecular formula is C49H28N4S2. The largest absolute Gasteiger partial charge is 0.308 e. The Balaban J connectivity index is 1.22. The van der Waals surface area contributed by atoms with Crippen LogP contribution in [0.4, 0.5) is 0 Å². The maximum Gasteiger partial charge on any atom is 0.166 e. The molecule has 55 heavy (non-hydrogen) atoms. The summed E-state index contributed by atoms with van der Waals surface area (Å²) in [4.78, 5) is 16.0. The van der Waals surface area contributed by atoms with Crippen molar-refractivity contribution in [3.05, 3.63) is 170 Å². The Morgan fingerprint density at radius 3 is 1.82 bits per heavy atom. The third kappa shape index (κ3) is 4.72. The highest BCUT2D eigenvalue weighted by atomic mass is 32.1. The molecular weight excluding hydrogens is 709 g/mol. The average molecular weight is 737 g/mol. The predicted octanol–water partition coefficient (Wildman–Crippen LogP) is 13.9. The van der Waals surface area contributed by atoms with Gasteiger partial charge in [0.2, 0.25) is 0 Å². The van der Waals surface area contributed by atoms with Crippen molar-refractivity contribution < 1.29 is 0 Å². The van der Waals surface area contributed by atoms with Crippen LogP contribution in [0.15, 0.2) is 170 Å². The van der Waals surface area contributed by atoms with Crippen molar-refractivity contribution in [2.24, 2.45) is 0 Å². The van der Waals surface area contributed by atoms with E-state index in [1.807, 2.05) is 29.5 Å². The second kappa shape index (κ2) is 11.9.